The minimum atomic E-state index is -3.15. The monoisotopic (exact) mass is 418 g/mol. The van der Waals surface area contributed by atoms with Crippen LogP contribution in [0.2, 0.25) is 0 Å². The lowest BCUT2D eigenvalue weighted by molar-refractivity contribution is -0.384. The Morgan fingerprint density at radius 1 is 1.17 bits per heavy atom. The van der Waals surface area contributed by atoms with Gasteiger partial charge in [-0.05, 0) is 24.6 Å². The number of sulfone groups is 1. The Hall–Kier alpha value is -3.27. The first kappa shape index (κ1) is 20.5. The Morgan fingerprint density at radius 2 is 1.86 bits per heavy atom. The average Bonchev–Trinajstić information content (AvgIpc) is 3.05. The van der Waals surface area contributed by atoms with Gasteiger partial charge in [-0.15, -0.1) is 0 Å². The van der Waals surface area contributed by atoms with E-state index in [1.165, 1.54) is 31.4 Å². The number of ether oxygens (including phenoxy) is 1. The third-order valence-corrected chi connectivity index (χ3v) is 6.39. The third-order valence-electron chi connectivity index (χ3n) is 4.63. The largest absolute Gasteiger partial charge is 0.465 e. The van der Waals surface area contributed by atoms with Crippen LogP contribution in [0.1, 0.15) is 32.7 Å². The maximum Gasteiger partial charge on any atom is 0.338 e. The number of hydrogen-bond acceptors (Lipinski definition) is 8. The summed E-state index contributed by atoms with van der Waals surface area (Å²) in [4.78, 5) is 35.7. The van der Waals surface area contributed by atoms with E-state index in [9.17, 15) is 28.1 Å². The van der Waals surface area contributed by atoms with Gasteiger partial charge in [-0.1, -0.05) is 18.2 Å². The van der Waals surface area contributed by atoms with Crippen LogP contribution in [-0.2, 0) is 14.6 Å². The van der Waals surface area contributed by atoms with Crippen molar-refractivity contribution in [2.45, 2.75) is 12.5 Å². The van der Waals surface area contributed by atoms with Gasteiger partial charge in [-0.3, -0.25) is 14.9 Å². The molecule has 29 heavy (non-hydrogen) atoms. The molecule has 0 aliphatic carbocycles. The fourth-order valence-corrected chi connectivity index (χ4v) is 4.87. The summed E-state index contributed by atoms with van der Waals surface area (Å²) in [5.41, 5.74) is -0.0690. The number of esters is 1. The van der Waals surface area contributed by atoms with Crippen molar-refractivity contribution in [2.24, 2.45) is 0 Å². The molecule has 3 rings (SSSR count). The molecule has 0 aromatic heterocycles. The Kier molecular flexibility index (Phi) is 5.64. The van der Waals surface area contributed by atoms with Gasteiger partial charge in [-0.25, -0.2) is 13.2 Å². The highest BCUT2D eigenvalue weighted by Crippen LogP contribution is 2.29. The minimum absolute atomic E-state index is 0.0256. The number of nitrogens with zero attached hydrogens (tertiary/aromatic N) is 1. The number of carbonyl (C=O) groups is 2. The molecule has 9 nitrogen and oxygen atoms in total. The van der Waals surface area contributed by atoms with Gasteiger partial charge >= 0.3 is 5.97 Å². The van der Waals surface area contributed by atoms with Gasteiger partial charge in [0.15, 0.2) is 15.6 Å². The normalized spacial score (nSPS) is 17.5. The second-order valence-electron chi connectivity index (χ2n) is 6.60. The molecular formula is C19H18N2O7S. The van der Waals surface area contributed by atoms with Crippen molar-refractivity contribution in [3.05, 3.63) is 69.3 Å². The topological polar surface area (TPSA) is 133 Å². The number of nitro groups is 1. The minimum Gasteiger partial charge on any atom is -0.465 e. The second-order valence-corrected chi connectivity index (χ2v) is 8.83. The summed E-state index contributed by atoms with van der Waals surface area (Å²) in [6.45, 7) is 0. The highest BCUT2D eigenvalue weighted by molar-refractivity contribution is 7.91. The summed E-state index contributed by atoms with van der Waals surface area (Å²) in [5.74, 6) is -1.33. The predicted molar refractivity (Wildman–Crippen MR) is 105 cm³/mol. The maximum absolute atomic E-state index is 12.9. The first-order valence-electron chi connectivity index (χ1n) is 8.69. The zero-order chi connectivity index (χ0) is 21.2. The van der Waals surface area contributed by atoms with E-state index in [-0.39, 0.29) is 39.6 Å². The van der Waals surface area contributed by atoms with Crippen molar-refractivity contribution in [3.63, 3.8) is 0 Å². The van der Waals surface area contributed by atoms with Crippen molar-refractivity contribution in [2.75, 3.05) is 23.9 Å². The van der Waals surface area contributed by atoms with Crippen molar-refractivity contribution in [1.82, 2.24) is 0 Å². The number of benzene rings is 2. The number of nitro benzene ring substituents is 1. The quantitative estimate of drug-likeness (QED) is 0.327. The standard InChI is InChI=1S/C19H18N2O7S/c1-28-19(23)15-5-3-2-4-14(15)18(22)12-6-7-16(17(10-12)21(24)25)20-13-8-9-29(26,27)11-13/h2-7,10,13,20H,8-9,11H2,1H3. The van der Waals surface area contributed by atoms with Crippen LogP contribution in [-0.4, -0.2) is 49.8 Å². The van der Waals surface area contributed by atoms with Crippen molar-refractivity contribution < 1.29 is 27.7 Å². The molecule has 1 saturated heterocycles. The smallest absolute Gasteiger partial charge is 0.338 e. The lowest BCUT2D eigenvalue weighted by Crippen LogP contribution is -2.21. The Balaban J connectivity index is 1.94. The highest BCUT2D eigenvalue weighted by atomic mass is 32.2. The van der Waals surface area contributed by atoms with Crippen molar-refractivity contribution in [1.29, 1.82) is 0 Å². The van der Waals surface area contributed by atoms with Gasteiger partial charge in [0.25, 0.3) is 5.69 Å². The van der Waals surface area contributed by atoms with Crippen LogP contribution >= 0.6 is 0 Å². The zero-order valence-electron chi connectivity index (χ0n) is 15.5. The van der Waals surface area contributed by atoms with Crippen LogP contribution in [0.4, 0.5) is 11.4 Å². The average molecular weight is 418 g/mol. The Bertz CT molecular complexity index is 1100. The first-order valence-corrected chi connectivity index (χ1v) is 10.5. The lowest BCUT2D eigenvalue weighted by atomic mass is 9.97. The molecule has 0 amide bonds. The molecule has 1 aliphatic rings. The second kappa shape index (κ2) is 8.00. The summed E-state index contributed by atoms with van der Waals surface area (Å²) in [6.07, 6.45) is 0.354. The molecule has 1 N–H and O–H groups in total. The number of carbonyl (C=O) groups excluding carboxylic acids is 2. The molecule has 1 aliphatic heterocycles. The molecule has 0 saturated carbocycles. The molecule has 0 spiro atoms. The van der Waals surface area contributed by atoms with E-state index >= 15 is 0 Å². The van der Waals surface area contributed by atoms with Crippen molar-refractivity contribution in [3.8, 4) is 0 Å². The first-order chi connectivity index (χ1) is 13.7. The maximum atomic E-state index is 12.9. The van der Waals surface area contributed by atoms with Crippen LogP contribution in [0, 0.1) is 10.1 Å². The fourth-order valence-electron chi connectivity index (χ4n) is 3.20. The molecule has 2 aromatic rings. The van der Waals surface area contributed by atoms with Gasteiger partial charge < -0.3 is 10.1 Å². The fraction of sp³-hybridized carbons (Fsp3) is 0.263. The summed E-state index contributed by atoms with van der Waals surface area (Å²) in [5, 5.41) is 14.4. The number of hydrogen-bond donors (Lipinski definition) is 1. The van der Waals surface area contributed by atoms with Crippen LogP contribution in [0.15, 0.2) is 42.5 Å². The molecular weight excluding hydrogens is 400 g/mol. The molecule has 0 bridgehead atoms. The summed E-state index contributed by atoms with van der Waals surface area (Å²) in [7, 11) is -1.96. The van der Waals surface area contributed by atoms with Crippen molar-refractivity contribution >= 4 is 33.0 Å². The molecule has 2 aromatic carbocycles. The van der Waals surface area contributed by atoms with Crippen LogP contribution in [0.25, 0.3) is 0 Å². The van der Waals surface area contributed by atoms with E-state index in [1.54, 1.807) is 12.1 Å². The van der Waals surface area contributed by atoms with E-state index in [1.807, 2.05) is 0 Å². The van der Waals surface area contributed by atoms with Gasteiger partial charge in [-0.2, -0.15) is 0 Å². The van der Waals surface area contributed by atoms with Gasteiger partial charge in [0.2, 0.25) is 0 Å². The van der Waals surface area contributed by atoms with E-state index in [0.29, 0.717) is 6.42 Å². The van der Waals surface area contributed by atoms with Crippen LogP contribution < -0.4 is 5.32 Å². The summed E-state index contributed by atoms with van der Waals surface area (Å²) in [6, 6.07) is 9.48. The third kappa shape index (κ3) is 4.43. The predicted octanol–water partition coefficient (Wildman–Crippen LogP) is 2.21. The lowest BCUT2D eigenvalue weighted by Gasteiger charge is -2.13. The van der Waals surface area contributed by atoms with Crippen LogP contribution in [0.5, 0.6) is 0 Å². The van der Waals surface area contributed by atoms with E-state index in [2.05, 4.69) is 10.1 Å². The van der Waals surface area contributed by atoms with Gasteiger partial charge in [0, 0.05) is 23.2 Å². The van der Waals surface area contributed by atoms with E-state index in [0.717, 1.165) is 6.07 Å². The van der Waals surface area contributed by atoms with Gasteiger partial charge in [0.1, 0.15) is 5.69 Å². The molecule has 10 heteroatoms. The molecule has 1 atom stereocenters. The molecule has 1 fully saturated rings. The number of nitrogens with one attached hydrogen (secondary N) is 1. The molecule has 1 heterocycles. The molecule has 1 unspecified atom stereocenters. The van der Waals surface area contributed by atoms with Crippen LogP contribution in [0.3, 0.4) is 0 Å². The summed E-state index contributed by atoms with van der Waals surface area (Å²) < 4.78 is 27.9. The molecule has 152 valence electrons. The van der Waals surface area contributed by atoms with Gasteiger partial charge in [0.05, 0.1) is 29.1 Å². The highest BCUT2D eigenvalue weighted by Gasteiger charge is 2.30. The number of methoxy groups -OCH3 is 1. The SMILES string of the molecule is COC(=O)c1ccccc1C(=O)c1ccc(NC2CCS(=O)(=O)C2)c([N+](=O)[O-])c1. The zero-order valence-corrected chi connectivity index (χ0v) is 16.3. The number of anilines is 1. The molecule has 0 radical (unpaired) electrons. The Labute approximate surface area is 166 Å². The Morgan fingerprint density at radius 3 is 2.45 bits per heavy atom. The number of ketones is 1. The van der Waals surface area contributed by atoms with E-state index < -0.39 is 32.6 Å². The number of rotatable bonds is 6. The summed E-state index contributed by atoms with van der Waals surface area (Å²) >= 11 is 0. The van der Waals surface area contributed by atoms with E-state index in [4.69, 9.17) is 0 Å².